The van der Waals surface area contributed by atoms with Crippen molar-refractivity contribution in [3.8, 4) is 23.3 Å². The smallest absolute Gasteiger partial charge is 0.203 e. The summed E-state index contributed by atoms with van der Waals surface area (Å²) in [5.41, 5.74) is 2.77. The molecule has 0 spiro atoms. The van der Waals surface area contributed by atoms with E-state index in [1.807, 2.05) is 18.2 Å². The number of fused-ring (bicyclic) bond motifs is 1. The fourth-order valence-corrected chi connectivity index (χ4v) is 2.99. The van der Waals surface area contributed by atoms with Gasteiger partial charge in [-0.2, -0.15) is 5.26 Å². The minimum Gasteiger partial charge on any atom is -0.493 e. The van der Waals surface area contributed by atoms with Crippen molar-refractivity contribution in [2.75, 3.05) is 38.5 Å². The summed E-state index contributed by atoms with van der Waals surface area (Å²) in [5.74, 6) is 2.22. The standard InChI is InChI=1S/C20H23N5O3/c1-5-6-22-14-9-17(25-20-18(14)12(10-21)11-23-20)24-13-7-15(26-2)19(28-4)16(8-13)27-3/h7-9,11H,5-6H2,1-4H3,(H3,22,23,24,25). The lowest BCUT2D eigenvalue weighted by atomic mass is 10.2. The zero-order valence-corrected chi connectivity index (χ0v) is 16.3. The van der Waals surface area contributed by atoms with E-state index in [2.05, 4.69) is 33.6 Å². The summed E-state index contributed by atoms with van der Waals surface area (Å²) in [6, 6.07) is 7.70. The predicted molar refractivity (Wildman–Crippen MR) is 109 cm³/mol. The Morgan fingerprint density at radius 1 is 1.11 bits per heavy atom. The predicted octanol–water partition coefficient (Wildman–Crippen LogP) is 4.03. The second-order valence-electron chi connectivity index (χ2n) is 6.06. The molecule has 3 rings (SSSR count). The van der Waals surface area contributed by atoms with Gasteiger partial charge >= 0.3 is 0 Å². The molecule has 0 amide bonds. The number of methoxy groups -OCH3 is 3. The van der Waals surface area contributed by atoms with Gasteiger partial charge in [0.1, 0.15) is 17.5 Å². The second-order valence-corrected chi connectivity index (χ2v) is 6.06. The number of aromatic amines is 1. The summed E-state index contributed by atoms with van der Waals surface area (Å²) in [7, 11) is 4.70. The zero-order chi connectivity index (χ0) is 20.1. The first-order valence-electron chi connectivity index (χ1n) is 8.88. The van der Waals surface area contributed by atoms with Crippen LogP contribution in [-0.2, 0) is 0 Å². The molecule has 28 heavy (non-hydrogen) atoms. The number of pyridine rings is 1. The maximum atomic E-state index is 9.36. The van der Waals surface area contributed by atoms with Crippen LogP contribution in [0.5, 0.6) is 17.2 Å². The Hall–Kier alpha value is -3.60. The van der Waals surface area contributed by atoms with E-state index in [1.165, 1.54) is 0 Å². The van der Waals surface area contributed by atoms with Crippen molar-refractivity contribution in [3.05, 3.63) is 30.0 Å². The summed E-state index contributed by atoms with van der Waals surface area (Å²) in [5, 5.41) is 16.8. The molecule has 2 heterocycles. The van der Waals surface area contributed by atoms with Gasteiger partial charge in [0, 0.05) is 36.6 Å². The van der Waals surface area contributed by atoms with Gasteiger partial charge in [-0.3, -0.25) is 0 Å². The molecule has 3 N–H and O–H groups in total. The van der Waals surface area contributed by atoms with E-state index in [4.69, 9.17) is 14.2 Å². The SMILES string of the molecule is CCCNc1cc(Nc2cc(OC)c(OC)c(OC)c2)nc2[nH]cc(C#N)c12. The summed E-state index contributed by atoms with van der Waals surface area (Å²) in [6.45, 7) is 2.88. The van der Waals surface area contributed by atoms with Gasteiger partial charge in [0.25, 0.3) is 0 Å². The third kappa shape index (κ3) is 3.60. The molecule has 0 unspecified atom stereocenters. The van der Waals surface area contributed by atoms with Crippen LogP contribution in [0, 0.1) is 11.3 Å². The Balaban J connectivity index is 2.04. The zero-order valence-electron chi connectivity index (χ0n) is 16.3. The largest absolute Gasteiger partial charge is 0.493 e. The topological polar surface area (TPSA) is 104 Å². The van der Waals surface area contributed by atoms with Crippen LogP contribution in [0.2, 0.25) is 0 Å². The molecule has 146 valence electrons. The van der Waals surface area contributed by atoms with Gasteiger partial charge in [0.2, 0.25) is 5.75 Å². The van der Waals surface area contributed by atoms with Crippen molar-refractivity contribution in [1.29, 1.82) is 5.26 Å². The maximum absolute atomic E-state index is 9.36. The van der Waals surface area contributed by atoms with Gasteiger partial charge in [-0.25, -0.2) is 4.98 Å². The highest BCUT2D eigenvalue weighted by Crippen LogP contribution is 2.41. The number of benzene rings is 1. The van der Waals surface area contributed by atoms with Crippen molar-refractivity contribution >= 4 is 28.2 Å². The summed E-state index contributed by atoms with van der Waals surface area (Å²) in [4.78, 5) is 7.65. The molecule has 0 atom stereocenters. The first-order chi connectivity index (χ1) is 13.6. The number of ether oxygens (including phenoxy) is 3. The van der Waals surface area contributed by atoms with E-state index in [9.17, 15) is 5.26 Å². The van der Waals surface area contributed by atoms with Crippen LogP contribution in [0.3, 0.4) is 0 Å². The van der Waals surface area contributed by atoms with E-state index < -0.39 is 0 Å². The number of nitrogens with one attached hydrogen (secondary N) is 3. The summed E-state index contributed by atoms with van der Waals surface area (Å²) >= 11 is 0. The monoisotopic (exact) mass is 381 g/mol. The number of rotatable bonds is 8. The van der Waals surface area contributed by atoms with Gasteiger partial charge < -0.3 is 29.8 Å². The van der Waals surface area contributed by atoms with Gasteiger partial charge in [-0.1, -0.05) is 6.92 Å². The molecule has 8 heteroatoms. The third-order valence-corrected chi connectivity index (χ3v) is 4.27. The highest BCUT2D eigenvalue weighted by atomic mass is 16.5. The average molecular weight is 381 g/mol. The molecule has 0 saturated carbocycles. The van der Waals surface area contributed by atoms with Gasteiger partial charge in [0.15, 0.2) is 11.5 Å². The molecule has 0 aliphatic rings. The second kappa shape index (κ2) is 8.39. The lowest BCUT2D eigenvalue weighted by Crippen LogP contribution is -2.03. The number of nitrogens with zero attached hydrogens (tertiary/aromatic N) is 2. The van der Waals surface area contributed by atoms with Crippen molar-refractivity contribution < 1.29 is 14.2 Å². The van der Waals surface area contributed by atoms with E-state index in [0.717, 1.165) is 29.7 Å². The first-order valence-corrected chi connectivity index (χ1v) is 8.88. The Labute approximate surface area is 163 Å². The van der Waals surface area contributed by atoms with Gasteiger partial charge in [-0.05, 0) is 6.42 Å². The fourth-order valence-electron chi connectivity index (χ4n) is 2.99. The number of nitriles is 1. The molecule has 0 aliphatic heterocycles. The van der Waals surface area contributed by atoms with Gasteiger partial charge in [-0.15, -0.1) is 0 Å². The van der Waals surface area contributed by atoms with Crippen LogP contribution >= 0.6 is 0 Å². The van der Waals surface area contributed by atoms with Crippen molar-refractivity contribution in [2.24, 2.45) is 0 Å². The Bertz CT molecular complexity index is 998. The average Bonchev–Trinajstić information content (AvgIpc) is 3.14. The van der Waals surface area contributed by atoms with E-state index >= 15 is 0 Å². The molecule has 3 aromatic rings. The molecule has 1 aromatic carbocycles. The van der Waals surface area contributed by atoms with Crippen LogP contribution in [-0.4, -0.2) is 37.8 Å². The first kappa shape index (κ1) is 19.2. The van der Waals surface area contributed by atoms with Crippen LogP contribution in [0.15, 0.2) is 24.4 Å². The van der Waals surface area contributed by atoms with Gasteiger partial charge in [0.05, 0.1) is 38.0 Å². The fraction of sp³-hybridized carbons (Fsp3) is 0.300. The van der Waals surface area contributed by atoms with Crippen molar-refractivity contribution in [1.82, 2.24) is 9.97 Å². The Kier molecular flexibility index (Phi) is 5.75. The van der Waals surface area contributed by atoms with Crippen LogP contribution in [0.1, 0.15) is 18.9 Å². The highest BCUT2D eigenvalue weighted by Gasteiger charge is 2.15. The molecule has 0 saturated heterocycles. The summed E-state index contributed by atoms with van der Waals surface area (Å²) < 4.78 is 16.2. The molecule has 8 nitrogen and oxygen atoms in total. The minimum atomic E-state index is 0.521. The number of hydrogen-bond donors (Lipinski definition) is 3. The van der Waals surface area contributed by atoms with Crippen LogP contribution in [0.4, 0.5) is 17.2 Å². The molecule has 0 aliphatic carbocycles. The van der Waals surface area contributed by atoms with Crippen LogP contribution < -0.4 is 24.8 Å². The normalized spacial score (nSPS) is 10.4. The summed E-state index contributed by atoms with van der Waals surface area (Å²) in [6.07, 6.45) is 2.63. The lowest BCUT2D eigenvalue weighted by Gasteiger charge is -2.15. The highest BCUT2D eigenvalue weighted by molar-refractivity contribution is 5.96. The number of aromatic nitrogens is 2. The molecule has 2 aromatic heterocycles. The van der Waals surface area contributed by atoms with E-state index in [-0.39, 0.29) is 0 Å². The number of H-pyrrole nitrogens is 1. The lowest BCUT2D eigenvalue weighted by molar-refractivity contribution is 0.324. The molecule has 0 fully saturated rings. The quantitative estimate of drug-likeness (QED) is 0.541. The maximum Gasteiger partial charge on any atom is 0.203 e. The van der Waals surface area contributed by atoms with E-state index in [0.29, 0.717) is 34.3 Å². The molecule has 0 radical (unpaired) electrons. The molecule has 0 bridgehead atoms. The molecular weight excluding hydrogens is 358 g/mol. The minimum absolute atomic E-state index is 0.521. The van der Waals surface area contributed by atoms with Crippen molar-refractivity contribution in [3.63, 3.8) is 0 Å². The Morgan fingerprint density at radius 2 is 1.82 bits per heavy atom. The van der Waals surface area contributed by atoms with E-state index in [1.54, 1.807) is 27.5 Å². The number of hydrogen-bond acceptors (Lipinski definition) is 7. The Morgan fingerprint density at radius 3 is 2.39 bits per heavy atom. The third-order valence-electron chi connectivity index (χ3n) is 4.27. The molecular formula is C20H23N5O3. The van der Waals surface area contributed by atoms with Crippen molar-refractivity contribution in [2.45, 2.75) is 13.3 Å². The number of anilines is 3. The van der Waals surface area contributed by atoms with Crippen LogP contribution in [0.25, 0.3) is 11.0 Å².